The van der Waals surface area contributed by atoms with Crippen LogP contribution in [0, 0.1) is 0 Å². The SMILES string of the molecule is C[C@H](NCc1ccccc1CC(=O)O)c1ccc(Cl)cc1. The highest BCUT2D eigenvalue weighted by atomic mass is 35.5. The number of nitrogens with one attached hydrogen (secondary N) is 1. The molecule has 0 unspecified atom stereocenters. The van der Waals surface area contributed by atoms with E-state index >= 15 is 0 Å². The molecule has 0 radical (unpaired) electrons. The van der Waals surface area contributed by atoms with Gasteiger partial charge in [0.05, 0.1) is 6.42 Å². The summed E-state index contributed by atoms with van der Waals surface area (Å²) in [5.74, 6) is -0.812. The summed E-state index contributed by atoms with van der Waals surface area (Å²) in [5.41, 5.74) is 3.01. The standard InChI is InChI=1S/C17H18ClNO2/c1-12(13-6-8-16(18)9-7-13)19-11-15-5-3-2-4-14(15)10-17(20)21/h2-9,12,19H,10-11H2,1H3,(H,20,21)/t12-/m0/s1. The molecule has 0 saturated heterocycles. The van der Waals surface area contributed by atoms with Crippen LogP contribution in [0.2, 0.25) is 5.02 Å². The summed E-state index contributed by atoms with van der Waals surface area (Å²) in [6.07, 6.45) is 0.0488. The van der Waals surface area contributed by atoms with Gasteiger partial charge in [0.15, 0.2) is 0 Å². The molecule has 2 aromatic carbocycles. The number of carboxylic acid groups (broad SMARTS) is 1. The number of carboxylic acids is 1. The van der Waals surface area contributed by atoms with Gasteiger partial charge in [-0.2, -0.15) is 0 Å². The number of aliphatic carboxylic acids is 1. The van der Waals surface area contributed by atoms with Crippen LogP contribution in [-0.4, -0.2) is 11.1 Å². The van der Waals surface area contributed by atoms with Gasteiger partial charge in [-0.25, -0.2) is 0 Å². The molecule has 0 aromatic heterocycles. The van der Waals surface area contributed by atoms with Crippen molar-refractivity contribution in [1.29, 1.82) is 0 Å². The highest BCUT2D eigenvalue weighted by molar-refractivity contribution is 6.30. The molecule has 21 heavy (non-hydrogen) atoms. The van der Waals surface area contributed by atoms with Gasteiger partial charge in [-0.3, -0.25) is 4.79 Å². The fourth-order valence-corrected chi connectivity index (χ4v) is 2.32. The van der Waals surface area contributed by atoms with Crippen LogP contribution in [0.15, 0.2) is 48.5 Å². The molecule has 2 rings (SSSR count). The van der Waals surface area contributed by atoms with Crippen molar-refractivity contribution in [2.45, 2.75) is 25.9 Å². The molecule has 0 fully saturated rings. The zero-order chi connectivity index (χ0) is 15.2. The molecule has 0 aliphatic carbocycles. The van der Waals surface area contributed by atoms with Gasteiger partial charge >= 0.3 is 5.97 Å². The van der Waals surface area contributed by atoms with Gasteiger partial charge in [-0.15, -0.1) is 0 Å². The molecule has 0 bridgehead atoms. The summed E-state index contributed by atoms with van der Waals surface area (Å²) in [6.45, 7) is 2.70. The fourth-order valence-electron chi connectivity index (χ4n) is 2.20. The Balaban J connectivity index is 2.02. The Bertz CT molecular complexity index is 610. The zero-order valence-electron chi connectivity index (χ0n) is 11.8. The number of hydrogen-bond donors (Lipinski definition) is 2. The molecule has 4 heteroatoms. The third-order valence-corrected chi connectivity index (χ3v) is 3.68. The van der Waals surface area contributed by atoms with Crippen LogP contribution >= 0.6 is 11.6 Å². The Morgan fingerprint density at radius 2 is 1.76 bits per heavy atom. The van der Waals surface area contributed by atoms with Crippen LogP contribution < -0.4 is 5.32 Å². The molecule has 0 aliphatic rings. The summed E-state index contributed by atoms with van der Waals surface area (Å²) in [5, 5.41) is 13.1. The normalized spacial score (nSPS) is 12.1. The predicted molar refractivity (Wildman–Crippen MR) is 84.5 cm³/mol. The van der Waals surface area contributed by atoms with Crippen LogP contribution in [0.4, 0.5) is 0 Å². The van der Waals surface area contributed by atoms with Crippen molar-refractivity contribution in [3.8, 4) is 0 Å². The van der Waals surface area contributed by atoms with E-state index in [0.717, 1.165) is 21.7 Å². The van der Waals surface area contributed by atoms with Gasteiger partial charge in [-0.1, -0.05) is 48.0 Å². The Labute approximate surface area is 129 Å². The molecule has 0 amide bonds. The van der Waals surface area contributed by atoms with Crippen LogP contribution in [-0.2, 0) is 17.8 Å². The van der Waals surface area contributed by atoms with Gasteiger partial charge in [0.25, 0.3) is 0 Å². The van der Waals surface area contributed by atoms with Crippen LogP contribution in [0.5, 0.6) is 0 Å². The van der Waals surface area contributed by atoms with E-state index in [1.807, 2.05) is 48.5 Å². The van der Waals surface area contributed by atoms with E-state index in [1.54, 1.807) is 0 Å². The Kier molecular flexibility index (Phi) is 5.37. The van der Waals surface area contributed by atoms with Crippen molar-refractivity contribution in [3.05, 3.63) is 70.2 Å². The predicted octanol–water partition coefficient (Wildman–Crippen LogP) is 3.82. The summed E-state index contributed by atoms with van der Waals surface area (Å²) in [4.78, 5) is 10.9. The molecule has 2 aromatic rings. The summed E-state index contributed by atoms with van der Waals surface area (Å²) in [6, 6.07) is 15.5. The molecule has 0 heterocycles. The molecular formula is C17H18ClNO2. The third-order valence-electron chi connectivity index (χ3n) is 3.43. The van der Waals surface area contributed by atoms with Gasteiger partial charge in [0.2, 0.25) is 0 Å². The van der Waals surface area contributed by atoms with Gasteiger partial charge in [0, 0.05) is 17.6 Å². The molecule has 2 N–H and O–H groups in total. The van der Waals surface area contributed by atoms with E-state index in [0.29, 0.717) is 6.54 Å². The maximum absolute atomic E-state index is 10.9. The van der Waals surface area contributed by atoms with Gasteiger partial charge < -0.3 is 10.4 Å². The highest BCUT2D eigenvalue weighted by Crippen LogP contribution is 2.17. The Morgan fingerprint density at radius 1 is 1.14 bits per heavy atom. The molecule has 110 valence electrons. The lowest BCUT2D eigenvalue weighted by atomic mass is 10.0. The maximum Gasteiger partial charge on any atom is 0.307 e. The second-order valence-electron chi connectivity index (χ2n) is 4.99. The molecule has 0 aliphatic heterocycles. The monoisotopic (exact) mass is 303 g/mol. The number of halogens is 1. The zero-order valence-corrected chi connectivity index (χ0v) is 12.6. The fraction of sp³-hybridized carbons (Fsp3) is 0.235. The smallest absolute Gasteiger partial charge is 0.307 e. The molecule has 0 saturated carbocycles. The number of carbonyl (C=O) groups is 1. The lowest BCUT2D eigenvalue weighted by molar-refractivity contribution is -0.136. The van der Waals surface area contributed by atoms with E-state index in [4.69, 9.17) is 16.7 Å². The van der Waals surface area contributed by atoms with Crippen molar-refractivity contribution < 1.29 is 9.90 Å². The first-order valence-corrected chi connectivity index (χ1v) is 7.21. The van der Waals surface area contributed by atoms with Crippen LogP contribution in [0.3, 0.4) is 0 Å². The molecular weight excluding hydrogens is 286 g/mol. The largest absolute Gasteiger partial charge is 0.481 e. The lowest BCUT2D eigenvalue weighted by Crippen LogP contribution is -2.19. The minimum atomic E-state index is -0.812. The average Bonchev–Trinajstić information content (AvgIpc) is 2.46. The summed E-state index contributed by atoms with van der Waals surface area (Å²) in [7, 11) is 0. The number of hydrogen-bond acceptors (Lipinski definition) is 2. The second kappa shape index (κ2) is 7.25. The lowest BCUT2D eigenvalue weighted by Gasteiger charge is -2.16. The van der Waals surface area contributed by atoms with Crippen molar-refractivity contribution >= 4 is 17.6 Å². The number of rotatable bonds is 6. The van der Waals surface area contributed by atoms with Crippen molar-refractivity contribution in [1.82, 2.24) is 5.32 Å². The first-order valence-electron chi connectivity index (χ1n) is 6.83. The molecule has 3 nitrogen and oxygen atoms in total. The van der Waals surface area contributed by atoms with Crippen LogP contribution in [0.1, 0.15) is 29.7 Å². The van der Waals surface area contributed by atoms with E-state index in [-0.39, 0.29) is 12.5 Å². The Morgan fingerprint density at radius 3 is 2.38 bits per heavy atom. The quantitative estimate of drug-likeness (QED) is 0.853. The van der Waals surface area contributed by atoms with E-state index < -0.39 is 5.97 Å². The summed E-state index contributed by atoms with van der Waals surface area (Å²) >= 11 is 5.88. The van der Waals surface area contributed by atoms with E-state index in [2.05, 4.69) is 12.2 Å². The van der Waals surface area contributed by atoms with Crippen molar-refractivity contribution in [2.24, 2.45) is 0 Å². The second-order valence-corrected chi connectivity index (χ2v) is 5.43. The van der Waals surface area contributed by atoms with Crippen molar-refractivity contribution in [2.75, 3.05) is 0 Å². The van der Waals surface area contributed by atoms with E-state index in [1.165, 1.54) is 0 Å². The molecule has 0 spiro atoms. The van der Waals surface area contributed by atoms with Gasteiger partial charge in [0.1, 0.15) is 0 Å². The van der Waals surface area contributed by atoms with Gasteiger partial charge in [-0.05, 0) is 35.7 Å². The van der Waals surface area contributed by atoms with E-state index in [9.17, 15) is 4.79 Å². The van der Waals surface area contributed by atoms with Crippen molar-refractivity contribution in [3.63, 3.8) is 0 Å². The average molecular weight is 304 g/mol. The first-order chi connectivity index (χ1) is 10.1. The Hall–Kier alpha value is -1.84. The highest BCUT2D eigenvalue weighted by Gasteiger charge is 2.09. The topological polar surface area (TPSA) is 49.3 Å². The summed E-state index contributed by atoms with van der Waals surface area (Å²) < 4.78 is 0. The minimum Gasteiger partial charge on any atom is -0.481 e. The minimum absolute atomic E-state index is 0.0488. The first kappa shape index (κ1) is 15.5. The number of benzene rings is 2. The third kappa shape index (κ3) is 4.59. The molecule has 1 atom stereocenters. The maximum atomic E-state index is 10.9. The van der Waals surface area contributed by atoms with Crippen LogP contribution in [0.25, 0.3) is 0 Å².